The van der Waals surface area contributed by atoms with Crippen LogP contribution in [0.2, 0.25) is 0 Å². The molecule has 2 fully saturated rings. The summed E-state index contributed by atoms with van der Waals surface area (Å²) >= 11 is 0. The van der Waals surface area contributed by atoms with Crippen molar-refractivity contribution in [3.05, 3.63) is 42.5 Å². The molecule has 1 amide bonds. The second-order valence-electron chi connectivity index (χ2n) is 10.6. The van der Waals surface area contributed by atoms with Gasteiger partial charge in [0.05, 0.1) is 42.3 Å². The third-order valence-corrected chi connectivity index (χ3v) is 6.98. The zero-order chi connectivity index (χ0) is 26.2. The number of benzene rings is 2. The number of carbonyl (C=O) groups is 1. The molecule has 1 aliphatic heterocycles. The van der Waals surface area contributed by atoms with Crippen molar-refractivity contribution in [1.29, 1.82) is 0 Å². The van der Waals surface area contributed by atoms with Crippen molar-refractivity contribution in [1.82, 2.24) is 4.57 Å². The second-order valence-corrected chi connectivity index (χ2v) is 10.6. The number of anilines is 2. The van der Waals surface area contributed by atoms with E-state index in [0.29, 0.717) is 24.9 Å². The van der Waals surface area contributed by atoms with Crippen molar-refractivity contribution in [2.45, 2.75) is 77.4 Å². The van der Waals surface area contributed by atoms with Gasteiger partial charge in [0.25, 0.3) is 0 Å². The molecule has 2 aromatic carbocycles. The minimum atomic E-state index is -0.521. The van der Waals surface area contributed by atoms with Gasteiger partial charge in [-0.2, -0.15) is 0 Å². The van der Waals surface area contributed by atoms with Gasteiger partial charge in [0.2, 0.25) is 0 Å². The van der Waals surface area contributed by atoms with Crippen molar-refractivity contribution in [2.75, 3.05) is 24.3 Å². The Hall–Kier alpha value is -3.23. The zero-order valence-electron chi connectivity index (χ0n) is 22.1. The van der Waals surface area contributed by atoms with Gasteiger partial charge in [0, 0.05) is 35.2 Å². The number of carbonyl (C=O) groups excluding carboxylic acids is 1. The maximum atomic E-state index is 12.0. The van der Waals surface area contributed by atoms with Crippen molar-refractivity contribution in [3.63, 3.8) is 0 Å². The largest absolute Gasteiger partial charge is 0.493 e. The topological polar surface area (TPSA) is 97.0 Å². The fourth-order valence-corrected chi connectivity index (χ4v) is 5.01. The predicted octanol–water partition coefficient (Wildman–Crippen LogP) is 6.49. The molecular formula is C29H37N3O5. The molecule has 1 saturated heterocycles. The Morgan fingerprint density at radius 1 is 1.19 bits per heavy atom. The summed E-state index contributed by atoms with van der Waals surface area (Å²) in [5.41, 5.74) is 11.3. The summed E-state index contributed by atoms with van der Waals surface area (Å²) in [5, 5.41) is 3.79. The third-order valence-electron chi connectivity index (χ3n) is 6.98. The molecule has 8 heteroatoms. The number of ether oxygens (including phenoxy) is 4. The first-order valence-electron chi connectivity index (χ1n) is 13.2. The first-order valence-corrected chi connectivity index (χ1v) is 13.2. The van der Waals surface area contributed by atoms with E-state index in [1.807, 2.05) is 58.0 Å². The SMILES string of the molecule is CC(C)OC(=O)Nc1ccc(-c2c(N)c3ccc(OCC[C@H]4COC(C)(C)O4)cc3n2C2CCC2)cc1. The number of hydrogen-bond donors (Lipinski definition) is 2. The van der Waals surface area contributed by atoms with Crippen LogP contribution in [0.1, 0.15) is 59.4 Å². The minimum Gasteiger partial charge on any atom is -0.493 e. The lowest BCUT2D eigenvalue weighted by Gasteiger charge is -2.30. The maximum Gasteiger partial charge on any atom is 0.411 e. The first-order chi connectivity index (χ1) is 17.7. The summed E-state index contributed by atoms with van der Waals surface area (Å²) in [5.74, 6) is 0.297. The van der Waals surface area contributed by atoms with Crippen molar-refractivity contribution >= 4 is 28.4 Å². The van der Waals surface area contributed by atoms with Crippen LogP contribution >= 0.6 is 0 Å². The van der Waals surface area contributed by atoms with Gasteiger partial charge >= 0.3 is 6.09 Å². The molecule has 0 radical (unpaired) electrons. The van der Waals surface area contributed by atoms with Crippen LogP contribution in [-0.4, -0.2) is 41.9 Å². The van der Waals surface area contributed by atoms with Crippen LogP contribution < -0.4 is 15.8 Å². The van der Waals surface area contributed by atoms with Gasteiger partial charge in [-0.3, -0.25) is 5.32 Å². The van der Waals surface area contributed by atoms with Gasteiger partial charge < -0.3 is 29.2 Å². The van der Waals surface area contributed by atoms with E-state index in [4.69, 9.17) is 24.7 Å². The number of amides is 1. The molecule has 1 aliphatic carbocycles. The van der Waals surface area contributed by atoms with Crippen LogP contribution in [-0.2, 0) is 14.2 Å². The van der Waals surface area contributed by atoms with Gasteiger partial charge in [0.1, 0.15) is 5.75 Å². The molecule has 1 aromatic heterocycles. The maximum absolute atomic E-state index is 12.0. The highest BCUT2D eigenvalue weighted by Gasteiger charge is 2.32. The highest BCUT2D eigenvalue weighted by atomic mass is 16.7. The average Bonchev–Trinajstić information content (AvgIpc) is 3.29. The van der Waals surface area contributed by atoms with E-state index in [2.05, 4.69) is 22.0 Å². The zero-order valence-corrected chi connectivity index (χ0v) is 22.1. The highest BCUT2D eigenvalue weighted by Crippen LogP contribution is 2.45. The summed E-state index contributed by atoms with van der Waals surface area (Å²) < 4.78 is 25.2. The van der Waals surface area contributed by atoms with E-state index < -0.39 is 11.9 Å². The lowest BCUT2D eigenvalue weighted by Crippen LogP contribution is -2.22. The Balaban J connectivity index is 1.38. The fourth-order valence-electron chi connectivity index (χ4n) is 5.01. The standard InChI is InChI=1S/C29H37N3O5/c1-18(2)36-28(33)31-20-10-8-19(9-11-20)27-26(30)24-13-12-22(16-25(24)32(27)21-6-5-7-21)34-15-14-23-17-35-29(3,4)37-23/h8-13,16,18,21,23H,5-7,14-15,17,30H2,1-4H3,(H,31,33)/t23-/m0/s1. The molecular weight excluding hydrogens is 470 g/mol. The van der Waals surface area contributed by atoms with E-state index in [9.17, 15) is 4.79 Å². The fraction of sp³-hybridized carbons (Fsp3) is 0.483. The molecule has 1 atom stereocenters. The van der Waals surface area contributed by atoms with Gasteiger partial charge in [0.15, 0.2) is 5.79 Å². The molecule has 8 nitrogen and oxygen atoms in total. The monoisotopic (exact) mass is 507 g/mol. The Morgan fingerprint density at radius 3 is 2.57 bits per heavy atom. The predicted molar refractivity (Wildman–Crippen MR) is 145 cm³/mol. The van der Waals surface area contributed by atoms with E-state index in [-0.39, 0.29) is 12.2 Å². The molecule has 2 heterocycles. The molecule has 2 aliphatic rings. The Kier molecular flexibility index (Phi) is 7.05. The molecule has 0 spiro atoms. The second kappa shape index (κ2) is 10.3. The van der Waals surface area contributed by atoms with E-state index in [1.165, 1.54) is 6.42 Å². The molecule has 3 N–H and O–H groups in total. The number of nitrogens with zero attached hydrogens (tertiary/aromatic N) is 1. The van der Waals surface area contributed by atoms with E-state index in [0.717, 1.165) is 52.9 Å². The van der Waals surface area contributed by atoms with Gasteiger partial charge in [-0.15, -0.1) is 0 Å². The number of nitrogen functional groups attached to an aromatic ring is 1. The molecule has 3 aromatic rings. The summed E-state index contributed by atoms with van der Waals surface area (Å²) in [7, 11) is 0. The first kappa shape index (κ1) is 25.4. The van der Waals surface area contributed by atoms with Gasteiger partial charge in [-0.05, 0) is 71.2 Å². The van der Waals surface area contributed by atoms with Crippen LogP contribution in [0, 0.1) is 0 Å². The lowest BCUT2D eigenvalue weighted by atomic mass is 9.92. The Labute approximate surface area is 218 Å². The molecule has 1 saturated carbocycles. The number of aromatic nitrogens is 1. The Bertz CT molecular complexity index is 1260. The van der Waals surface area contributed by atoms with Crippen LogP contribution in [0.3, 0.4) is 0 Å². The van der Waals surface area contributed by atoms with E-state index in [1.54, 1.807) is 0 Å². The minimum absolute atomic E-state index is 0.0458. The summed E-state index contributed by atoms with van der Waals surface area (Å²) in [6, 6.07) is 14.3. The molecule has 198 valence electrons. The van der Waals surface area contributed by atoms with Crippen LogP contribution in [0.25, 0.3) is 22.2 Å². The molecule has 0 bridgehead atoms. The van der Waals surface area contributed by atoms with Crippen molar-refractivity contribution < 1.29 is 23.7 Å². The van der Waals surface area contributed by atoms with E-state index >= 15 is 0 Å². The summed E-state index contributed by atoms with van der Waals surface area (Å²) in [6.45, 7) is 8.65. The van der Waals surface area contributed by atoms with Gasteiger partial charge in [-0.1, -0.05) is 12.1 Å². The normalized spacial score (nSPS) is 19.2. The van der Waals surface area contributed by atoms with Crippen molar-refractivity contribution in [3.8, 4) is 17.0 Å². The third kappa shape index (κ3) is 5.55. The number of hydrogen-bond acceptors (Lipinski definition) is 6. The number of nitrogens with one attached hydrogen (secondary N) is 1. The summed E-state index contributed by atoms with van der Waals surface area (Å²) in [4.78, 5) is 12.0. The van der Waals surface area contributed by atoms with Crippen LogP contribution in [0.4, 0.5) is 16.2 Å². The highest BCUT2D eigenvalue weighted by molar-refractivity contribution is 6.01. The van der Waals surface area contributed by atoms with Crippen LogP contribution in [0.15, 0.2) is 42.5 Å². The lowest BCUT2D eigenvalue weighted by molar-refractivity contribution is -0.139. The molecule has 0 unspecified atom stereocenters. The van der Waals surface area contributed by atoms with Gasteiger partial charge in [-0.25, -0.2) is 4.79 Å². The molecule has 5 rings (SSSR count). The average molecular weight is 508 g/mol. The van der Waals surface area contributed by atoms with Crippen LogP contribution in [0.5, 0.6) is 5.75 Å². The smallest absolute Gasteiger partial charge is 0.411 e. The number of nitrogens with two attached hydrogens (primary N) is 1. The Morgan fingerprint density at radius 2 is 1.95 bits per heavy atom. The molecule has 37 heavy (non-hydrogen) atoms. The summed E-state index contributed by atoms with van der Waals surface area (Å²) in [6.07, 6.45) is 3.62. The quantitative estimate of drug-likeness (QED) is 0.362. The van der Waals surface area contributed by atoms with Crippen molar-refractivity contribution in [2.24, 2.45) is 0 Å². The number of fused-ring (bicyclic) bond motifs is 1. The number of rotatable bonds is 8.